The number of hydrogen-bond donors (Lipinski definition) is 1. The van der Waals surface area contributed by atoms with Gasteiger partial charge in [-0.15, -0.1) is 0 Å². The smallest absolute Gasteiger partial charge is 0.122 e. The minimum atomic E-state index is 0.448. The molecule has 1 aliphatic rings. The second-order valence-corrected chi connectivity index (χ2v) is 5.64. The Bertz CT molecular complexity index is 439. The van der Waals surface area contributed by atoms with E-state index in [1.807, 2.05) is 18.2 Å². The average molecular weight is 311 g/mol. The van der Waals surface area contributed by atoms with Crippen LogP contribution in [-0.2, 0) is 0 Å². The molecule has 0 radical (unpaired) electrons. The van der Waals surface area contributed by atoms with Gasteiger partial charge in [-0.05, 0) is 25.0 Å². The third kappa shape index (κ3) is 3.48. The van der Waals surface area contributed by atoms with Gasteiger partial charge in [0.15, 0.2) is 0 Å². The van der Waals surface area contributed by atoms with E-state index in [0.717, 1.165) is 21.7 Å². The highest BCUT2D eigenvalue weighted by molar-refractivity contribution is 9.10. The normalized spacial score (nSPS) is 17.8. The van der Waals surface area contributed by atoms with Gasteiger partial charge < -0.3 is 10.5 Å². The molecular formula is C14H19BrN2O. The van der Waals surface area contributed by atoms with Crippen LogP contribution in [0.15, 0.2) is 27.7 Å². The van der Waals surface area contributed by atoms with Crippen molar-refractivity contribution in [2.75, 3.05) is 7.11 Å². The van der Waals surface area contributed by atoms with Crippen molar-refractivity contribution in [1.82, 2.24) is 0 Å². The number of benzene rings is 1. The van der Waals surface area contributed by atoms with Crippen LogP contribution in [0.4, 0.5) is 5.69 Å². The van der Waals surface area contributed by atoms with E-state index >= 15 is 0 Å². The summed E-state index contributed by atoms with van der Waals surface area (Å²) in [6.45, 7) is 0. The number of methoxy groups -OCH3 is 1. The predicted molar refractivity (Wildman–Crippen MR) is 78.6 cm³/mol. The van der Waals surface area contributed by atoms with Crippen LogP contribution < -0.4 is 10.5 Å². The van der Waals surface area contributed by atoms with Gasteiger partial charge in [-0.1, -0.05) is 35.2 Å². The Kier molecular flexibility index (Phi) is 4.64. The number of nitrogens with two attached hydrogens (primary N) is 1. The SMILES string of the molecule is COc1cc(Br)cc(N=C(N)C2CCCCC2)c1. The van der Waals surface area contributed by atoms with Gasteiger partial charge in [-0.3, -0.25) is 0 Å². The van der Waals surface area contributed by atoms with Crippen molar-refractivity contribution in [2.24, 2.45) is 16.6 Å². The summed E-state index contributed by atoms with van der Waals surface area (Å²) >= 11 is 3.45. The Balaban J connectivity index is 2.17. The summed E-state index contributed by atoms with van der Waals surface area (Å²) in [4.78, 5) is 4.54. The van der Waals surface area contributed by atoms with Crippen molar-refractivity contribution in [2.45, 2.75) is 32.1 Å². The van der Waals surface area contributed by atoms with Gasteiger partial charge in [0.25, 0.3) is 0 Å². The van der Waals surface area contributed by atoms with Gasteiger partial charge in [-0.2, -0.15) is 0 Å². The van der Waals surface area contributed by atoms with Crippen molar-refractivity contribution >= 4 is 27.5 Å². The van der Waals surface area contributed by atoms with Crippen molar-refractivity contribution in [1.29, 1.82) is 0 Å². The lowest BCUT2D eigenvalue weighted by molar-refractivity contribution is 0.414. The third-order valence-corrected chi connectivity index (χ3v) is 3.83. The molecule has 0 amide bonds. The molecule has 1 aromatic rings. The van der Waals surface area contributed by atoms with Crippen molar-refractivity contribution < 1.29 is 4.74 Å². The summed E-state index contributed by atoms with van der Waals surface area (Å²) in [5.74, 6) is 2.00. The lowest BCUT2D eigenvalue weighted by Crippen LogP contribution is -2.25. The number of aliphatic imine (C=N–C) groups is 1. The second-order valence-electron chi connectivity index (χ2n) is 4.72. The Morgan fingerprint density at radius 1 is 1.28 bits per heavy atom. The minimum absolute atomic E-state index is 0.448. The molecule has 1 aliphatic carbocycles. The maximum absolute atomic E-state index is 6.12. The first kappa shape index (κ1) is 13.4. The van der Waals surface area contributed by atoms with Crippen molar-refractivity contribution in [3.8, 4) is 5.75 Å². The number of hydrogen-bond acceptors (Lipinski definition) is 2. The van der Waals surface area contributed by atoms with E-state index in [1.54, 1.807) is 7.11 Å². The van der Waals surface area contributed by atoms with Crippen LogP contribution in [0.5, 0.6) is 5.75 Å². The number of amidine groups is 1. The van der Waals surface area contributed by atoms with Gasteiger partial charge in [0.2, 0.25) is 0 Å². The molecule has 2 rings (SSSR count). The lowest BCUT2D eigenvalue weighted by Gasteiger charge is -2.20. The van der Waals surface area contributed by atoms with Gasteiger partial charge in [0, 0.05) is 16.5 Å². The molecule has 0 heterocycles. The zero-order chi connectivity index (χ0) is 13.0. The van der Waals surface area contributed by atoms with Crippen LogP contribution in [0, 0.1) is 5.92 Å². The maximum Gasteiger partial charge on any atom is 0.122 e. The molecule has 0 bridgehead atoms. The van der Waals surface area contributed by atoms with E-state index in [2.05, 4.69) is 20.9 Å². The van der Waals surface area contributed by atoms with Gasteiger partial charge in [0.05, 0.1) is 12.8 Å². The largest absolute Gasteiger partial charge is 0.497 e. The predicted octanol–water partition coefficient (Wildman–Crippen LogP) is 4.03. The molecule has 0 aliphatic heterocycles. The van der Waals surface area contributed by atoms with Crippen LogP contribution >= 0.6 is 15.9 Å². The molecule has 0 atom stereocenters. The summed E-state index contributed by atoms with van der Waals surface area (Å²) < 4.78 is 6.18. The van der Waals surface area contributed by atoms with Crippen LogP contribution in [-0.4, -0.2) is 12.9 Å². The first-order valence-corrected chi connectivity index (χ1v) is 7.17. The van der Waals surface area contributed by atoms with E-state index in [1.165, 1.54) is 32.1 Å². The number of nitrogens with zero attached hydrogens (tertiary/aromatic N) is 1. The Hall–Kier alpha value is -1.03. The fraction of sp³-hybridized carbons (Fsp3) is 0.500. The van der Waals surface area contributed by atoms with E-state index in [4.69, 9.17) is 10.5 Å². The molecule has 1 fully saturated rings. The summed E-state index contributed by atoms with van der Waals surface area (Å²) in [6, 6.07) is 5.77. The zero-order valence-corrected chi connectivity index (χ0v) is 12.2. The fourth-order valence-corrected chi connectivity index (χ4v) is 2.83. The quantitative estimate of drug-likeness (QED) is 0.677. The molecule has 0 aromatic heterocycles. The molecule has 98 valence electrons. The molecule has 0 unspecified atom stereocenters. The minimum Gasteiger partial charge on any atom is -0.497 e. The number of ether oxygens (including phenoxy) is 1. The first-order chi connectivity index (χ1) is 8.69. The monoisotopic (exact) mass is 310 g/mol. The van der Waals surface area contributed by atoms with E-state index in [0.29, 0.717) is 5.92 Å². The zero-order valence-electron chi connectivity index (χ0n) is 10.7. The Labute approximate surface area is 117 Å². The van der Waals surface area contributed by atoms with Crippen LogP contribution in [0.1, 0.15) is 32.1 Å². The van der Waals surface area contributed by atoms with Gasteiger partial charge in [0.1, 0.15) is 11.6 Å². The van der Waals surface area contributed by atoms with Crippen LogP contribution in [0.25, 0.3) is 0 Å². The lowest BCUT2D eigenvalue weighted by atomic mass is 9.88. The summed E-state index contributed by atoms with van der Waals surface area (Å²) in [5, 5.41) is 0. The summed E-state index contributed by atoms with van der Waals surface area (Å²) in [7, 11) is 1.65. The average Bonchev–Trinajstić information content (AvgIpc) is 2.39. The molecule has 0 saturated heterocycles. The van der Waals surface area contributed by atoms with Crippen molar-refractivity contribution in [3.05, 3.63) is 22.7 Å². The summed E-state index contributed by atoms with van der Waals surface area (Å²) in [6.07, 6.45) is 6.20. The van der Waals surface area contributed by atoms with E-state index in [9.17, 15) is 0 Å². The van der Waals surface area contributed by atoms with Crippen LogP contribution in [0.2, 0.25) is 0 Å². The van der Waals surface area contributed by atoms with Crippen LogP contribution in [0.3, 0.4) is 0 Å². The fourth-order valence-electron chi connectivity index (χ4n) is 2.37. The molecule has 1 saturated carbocycles. The highest BCUT2D eigenvalue weighted by Crippen LogP contribution is 2.29. The van der Waals surface area contributed by atoms with E-state index < -0.39 is 0 Å². The Morgan fingerprint density at radius 3 is 2.67 bits per heavy atom. The highest BCUT2D eigenvalue weighted by atomic mass is 79.9. The van der Waals surface area contributed by atoms with Gasteiger partial charge >= 0.3 is 0 Å². The number of rotatable bonds is 3. The molecule has 3 nitrogen and oxygen atoms in total. The van der Waals surface area contributed by atoms with Crippen molar-refractivity contribution in [3.63, 3.8) is 0 Å². The molecule has 0 spiro atoms. The number of halogens is 1. The van der Waals surface area contributed by atoms with E-state index in [-0.39, 0.29) is 0 Å². The topological polar surface area (TPSA) is 47.6 Å². The molecule has 1 aromatic carbocycles. The third-order valence-electron chi connectivity index (χ3n) is 3.37. The molecule has 4 heteroatoms. The first-order valence-electron chi connectivity index (χ1n) is 6.37. The molecular weight excluding hydrogens is 292 g/mol. The standard InChI is InChI=1S/C14H19BrN2O/c1-18-13-8-11(15)7-12(9-13)17-14(16)10-5-3-2-4-6-10/h7-10H,2-6H2,1H3,(H2,16,17). The second kappa shape index (κ2) is 6.23. The molecule has 2 N–H and O–H groups in total. The highest BCUT2D eigenvalue weighted by Gasteiger charge is 2.17. The Morgan fingerprint density at radius 2 is 2.00 bits per heavy atom. The molecule has 18 heavy (non-hydrogen) atoms. The summed E-state index contributed by atoms with van der Waals surface area (Å²) in [5.41, 5.74) is 6.97. The van der Waals surface area contributed by atoms with Gasteiger partial charge in [-0.25, -0.2) is 4.99 Å². The maximum atomic E-state index is 6.12.